The predicted octanol–water partition coefficient (Wildman–Crippen LogP) is 4.47. The van der Waals surface area contributed by atoms with E-state index in [1.165, 1.54) is 0 Å². The molecule has 1 saturated heterocycles. The van der Waals surface area contributed by atoms with Crippen molar-refractivity contribution in [2.75, 3.05) is 0 Å². The van der Waals surface area contributed by atoms with Gasteiger partial charge in [-0.05, 0) is 68.6 Å². The fraction of sp³-hybridized carbons (Fsp3) is 0.667. The molecule has 3 aliphatic carbocycles. The summed E-state index contributed by atoms with van der Waals surface area (Å²) in [5, 5.41) is 11.9. The van der Waals surface area contributed by atoms with Crippen LogP contribution in [0.1, 0.15) is 102 Å². The van der Waals surface area contributed by atoms with Crippen molar-refractivity contribution in [3.63, 3.8) is 0 Å². The summed E-state index contributed by atoms with van der Waals surface area (Å²) in [5.74, 6) is -2.47. The van der Waals surface area contributed by atoms with Gasteiger partial charge in [0.2, 0.25) is 17.6 Å². The number of benzene rings is 1. The summed E-state index contributed by atoms with van der Waals surface area (Å²) in [6.45, 7) is -0.0227. The van der Waals surface area contributed by atoms with E-state index in [4.69, 9.17) is 16.3 Å². The molecule has 10 nitrogen and oxygen atoms in total. The van der Waals surface area contributed by atoms with Crippen LogP contribution in [0.4, 0.5) is 4.79 Å². The zero-order chi connectivity index (χ0) is 31.1. The molecule has 1 spiro atoms. The Kier molecular flexibility index (Phi) is 10.8. The molecule has 0 radical (unpaired) electrons. The summed E-state index contributed by atoms with van der Waals surface area (Å²) < 4.78 is 5.41. The third kappa shape index (κ3) is 8.96. The van der Waals surface area contributed by atoms with Crippen molar-refractivity contribution in [3.8, 4) is 0 Å². The highest BCUT2D eigenvalue weighted by atomic mass is 35.5. The van der Waals surface area contributed by atoms with Crippen LogP contribution in [-0.2, 0) is 30.5 Å². The second-order valence-corrected chi connectivity index (χ2v) is 13.7. The Hall–Kier alpha value is -3.14. The van der Waals surface area contributed by atoms with Crippen LogP contribution >= 0.6 is 11.6 Å². The van der Waals surface area contributed by atoms with Crippen LogP contribution in [0.3, 0.4) is 0 Å². The van der Waals surface area contributed by atoms with Gasteiger partial charge in [0, 0.05) is 22.5 Å². The number of Topliss-reactive ketones (excluding diaryl/α,β-unsaturated/α-hetero) is 1. The van der Waals surface area contributed by atoms with Gasteiger partial charge < -0.3 is 26.0 Å². The lowest BCUT2D eigenvalue weighted by atomic mass is 9.78. The Balaban J connectivity index is 1.28. The number of carbonyl (C=O) groups excluding carboxylic acids is 5. The number of ketones is 1. The highest BCUT2D eigenvalue weighted by molar-refractivity contribution is 6.38. The van der Waals surface area contributed by atoms with Crippen LogP contribution in [0.2, 0.25) is 5.02 Å². The highest BCUT2D eigenvalue weighted by Gasteiger charge is 2.46. The van der Waals surface area contributed by atoms with E-state index < -0.39 is 41.7 Å². The molecule has 0 bridgehead atoms. The molecular formula is C33H45ClN4O6. The minimum Gasteiger partial charge on any atom is -0.445 e. The molecular weight excluding hydrogens is 584 g/mol. The average Bonchev–Trinajstić information content (AvgIpc) is 3.78. The van der Waals surface area contributed by atoms with Crippen molar-refractivity contribution >= 4 is 41.2 Å². The quantitative estimate of drug-likeness (QED) is 0.252. The molecule has 4 N–H and O–H groups in total. The van der Waals surface area contributed by atoms with Gasteiger partial charge in [0.25, 0.3) is 5.91 Å². The molecule has 1 aromatic carbocycles. The molecule has 4 aliphatic rings. The summed E-state index contributed by atoms with van der Waals surface area (Å²) >= 11 is 6.04. The number of rotatable bonds is 12. The van der Waals surface area contributed by atoms with E-state index in [-0.39, 0.29) is 36.4 Å². The van der Waals surface area contributed by atoms with Crippen molar-refractivity contribution in [3.05, 3.63) is 34.9 Å². The summed E-state index contributed by atoms with van der Waals surface area (Å²) in [5.41, 5.74) is 0.435. The highest BCUT2D eigenvalue weighted by Crippen LogP contribution is 2.39. The molecule has 3 atom stereocenters. The SMILES string of the molecule is O=C(N[C@@H](CC1CCCCC1)C(=O)NC(CC1CC2(CCCCC2)NC1=O)C(=O)C(=O)NC1CC1)OCc1cccc(Cl)c1. The van der Waals surface area contributed by atoms with Gasteiger partial charge in [0.05, 0.1) is 6.04 Å². The largest absolute Gasteiger partial charge is 0.445 e. The number of alkyl carbamates (subject to hydrolysis) is 1. The van der Waals surface area contributed by atoms with Crippen LogP contribution < -0.4 is 21.3 Å². The minimum absolute atomic E-state index is 0.0227. The molecule has 0 aromatic heterocycles. The fourth-order valence-electron chi connectivity index (χ4n) is 7.10. The molecule has 2 unspecified atom stereocenters. The van der Waals surface area contributed by atoms with E-state index in [0.717, 1.165) is 77.0 Å². The molecule has 1 aliphatic heterocycles. The number of hydrogen-bond acceptors (Lipinski definition) is 6. The standard InChI is InChI=1S/C33H45ClN4O6/c34-24-11-7-10-22(16-24)20-44-32(43)37-27(17-21-8-3-1-4-9-21)30(41)36-26(28(39)31(42)35-25-12-13-25)18-23-19-33(38-29(23)40)14-5-2-6-15-33/h7,10-11,16,21,23,25-27H,1-6,8-9,12-15,17-20H2,(H,35,42)(H,36,41)(H,37,43)(H,38,40)/t23?,26?,27-/m0/s1. The summed E-state index contributed by atoms with van der Waals surface area (Å²) in [7, 11) is 0. The third-order valence-electron chi connectivity index (χ3n) is 9.66. The fourth-order valence-corrected chi connectivity index (χ4v) is 7.32. The molecule has 3 saturated carbocycles. The van der Waals surface area contributed by atoms with E-state index >= 15 is 0 Å². The van der Waals surface area contributed by atoms with Crippen molar-refractivity contribution < 1.29 is 28.7 Å². The number of halogens is 1. The van der Waals surface area contributed by atoms with Crippen molar-refractivity contribution in [2.24, 2.45) is 11.8 Å². The molecule has 4 fully saturated rings. The molecule has 4 amide bonds. The van der Waals surface area contributed by atoms with Gasteiger partial charge in [0.1, 0.15) is 12.6 Å². The van der Waals surface area contributed by atoms with E-state index in [1.807, 2.05) is 0 Å². The monoisotopic (exact) mass is 628 g/mol. The first-order valence-electron chi connectivity index (χ1n) is 16.3. The van der Waals surface area contributed by atoms with Gasteiger partial charge in [-0.15, -0.1) is 0 Å². The number of carbonyl (C=O) groups is 5. The van der Waals surface area contributed by atoms with Crippen LogP contribution in [0.15, 0.2) is 24.3 Å². The number of nitrogens with one attached hydrogen (secondary N) is 4. The summed E-state index contributed by atoms with van der Waals surface area (Å²) in [4.78, 5) is 66.1. The third-order valence-corrected chi connectivity index (χ3v) is 9.89. The maximum absolute atomic E-state index is 13.8. The van der Waals surface area contributed by atoms with Crippen molar-refractivity contribution in [1.82, 2.24) is 21.3 Å². The number of hydrogen-bond donors (Lipinski definition) is 4. The maximum atomic E-state index is 13.8. The van der Waals surface area contributed by atoms with Gasteiger partial charge in [0.15, 0.2) is 0 Å². The summed E-state index contributed by atoms with van der Waals surface area (Å²) in [6.07, 6.45) is 12.0. The molecule has 11 heteroatoms. The Morgan fingerprint density at radius 2 is 1.66 bits per heavy atom. The van der Waals surface area contributed by atoms with Crippen LogP contribution in [0, 0.1) is 11.8 Å². The van der Waals surface area contributed by atoms with Gasteiger partial charge in [-0.25, -0.2) is 4.79 Å². The predicted molar refractivity (Wildman–Crippen MR) is 165 cm³/mol. The van der Waals surface area contributed by atoms with E-state index in [0.29, 0.717) is 23.4 Å². The van der Waals surface area contributed by atoms with Crippen molar-refractivity contribution in [2.45, 2.75) is 127 Å². The van der Waals surface area contributed by atoms with E-state index in [1.54, 1.807) is 24.3 Å². The average molecular weight is 629 g/mol. The Labute approximate surface area is 264 Å². The van der Waals surface area contributed by atoms with Crippen molar-refractivity contribution in [1.29, 1.82) is 0 Å². The Morgan fingerprint density at radius 3 is 2.36 bits per heavy atom. The van der Waals surface area contributed by atoms with Crippen LogP contribution in [-0.4, -0.2) is 53.3 Å². The normalized spacial score (nSPS) is 22.8. The lowest BCUT2D eigenvalue weighted by Crippen LogP contribution is -2.55. The van der Waals surface area contributed by atoms with Gasteiger partial charge in [-0.3, -0.25) is 19.2 Å². The number of amides is 4. The summed E-state index contributed by atoms with van der Waals surface area (Å²) in [6, 6.07) is 4.78. The zero-order valence-electron chi connectivity index (χ0n) is 25.3. The molecule has 44 heavy (non-hydrogen) atoms. The smallest absolute Gasteiger partial charge is 0.408 e. The van der Waals surface area contributed by atoms with E-state index in [2.05, 4.69) is 21.3 Å². The molecule has 1 heterocycles. The zero-order valence-corrected chi connectivity index (χ0v) is 26.1. The minimum atomic E-state index is -1.19. The van der Waals surface area contributed by atoms with Gasteiger partial charge in [-0.2, -0.15) is 0 Å². The Bertz CT molecular complexity index is 1220. The first-order chi connectivity index (χ1) is 21.2. The molecule has 240 valence electrons. The number of ether oxygens (including phenoxy) is 1. The second kappa shape index (κ2) is 14.8. The maximum Gasteiger partial charge on any atom is 0.408 e. The van der Waals surface area contributed by atoms with Gasteiger partial charge in [-0.1, -0.05) is 75.1 Å². The Morgan fingerprint density at radius 1 is 0.932 bits per heavy atom. The lowest BCUT2D eigenvalue weighted by molar-refractivity contribution is -0.141. The topological polar surface area (TPSA) is 143 Å². The van der Waals surface area contributed by atoms with Gasteiger partial charge >= 0.3 is 6.09 Å². The first-order valence-corrected chi connectivity index (χ1v) is 16.7. The molecule has 5 rings (SSSR count). The van der Waals surface area contributed by atoms with E-state index in [9.17, 15) is 24.0 Å². The first kappa shape index (κ1) is 32.3. The van der Waals surface area contributed by atoms with Crippen LogP contribution in [0.5, 0.6) is 0 Å². The molecule has 1 aromatic rings. The second-order valence-electron chi connectivity index (χ2n) is 13.3. The van der Waals surface area contributed by atoms with Crippen LogP contribution in [0.25, 0.3) is 0 Å². The lowest BCUT2D eigenvalue weighted by Gasteiger charge is -2.33.